The molecule has 6 heteroatoms. The number of carbonyl (C=O) groups is 1. The maximum atomic E-state index is 12.2. The Morgan fingerprint density at radius 2 is 1.55 bits per heavy atom. The van der Waals surface area contributed by atoms with Crippen molar-refractivity contribution in [2.24, 2.45) is 0 Å². The molecule has 0 unspecified atom stereocenters. The summed E-state index contributed by atoms with van der Waals surface area (Å²) < 4.78 is 16.3. The Kier molecular flexibility index (Phi) is 8.76. The van der Waals surface area contributed by atoms with Gasteiger partial charge in [0.1, 0.15) is 18.1 Å². The van der Waals surface area contributed by atoms with Gasteiger partial charge in [-0.1, -0.05) is 36.4 Å². The summed E-state index contributed by atoms with van der Waals surface area (Å²) in [6.07, 6.45) is 0.861. The lowest BCUT2D eigenvalue weighted by molar-refractivity contribution is -0.114. The van der Waals surface area contributed by atoms with Crippen molar-refractivity contribution in [1.29, 1.82) is 0 Å². The van der Waals surface area contributed by atoms with Gasteiger partial charge in [0.05, 0.1) is 19.8 Å². The normalized spacial score (nSPS) is 10.4. The fourth-order valence-electron chi connectivity index (χ4n) is 2.89. The van der Waals surface area contributed by atoms with Gasteiger partial charge in [0.2, 0.25) is 5.91 Å². The summed E-state index contributed by atoms with van der Waals surface area (Å²) in [5.41, 5.74) is 2.78. The summed E-state index contributed by atoms with van der Waals surface area (Å²) in [4.78, 5) is 12.2. The van der Waals surface area contributed by atoms with Gasteiger partial charge in [0.25, 0.3) is 0 Å². The van der Waals surface area contributed by atoms with Crippen molar-refractivity contribution in [1.82, 2.24) is 0 Å². The third-order valence-corrected chi connectivity index (χ3v) is 4.48. The zero-order valence-electron chi connectivity index (χ0n) is 17.7. The molecule has 0 radical (unpaired) electrons. The molecule has 6 nitrogen and oxygen atoms in total. The highest BCUT2D eigenvalue weighted by Gasteiger charge is 2.04. The topological polar surface area (TPSA) is 68.8 Å². The van der Waals surface area contributed by atoms with Gasteiger partial charge in [-0.15, -0.1) is 0 Å². The van der Waals surface area contributed by atoms with Crippen molar-refractivity contribution in [3.63, 3.8) is 0 Å². The monoisotopic (exact) mass is 420 g/mol. The van der Waals surface area contributed by atoms with E-state index in [9.17, 15) is 4.79 Å². The number of ether oxygens (including phenoxy) is 3. The average molecular weight is 421 g/mol. The Morgan fingerprint density at radius 3 is 2.32 bits per heavy atom. The largest absolute Gasteiger partial charge is 0.493 e. The molecule has 0 spiro atoms. The van der Waals surface area contributed by atoms with Crippen molar-refractivity contribution >= 4 is 17.3 Å². The van der Waals surface area contributed by atoms with Gasteiger partial charge in [-0.25, -0.2) is 0 Å². The van der Waals surface area contributed by atoms with Crippen molar-refractivity contribution in [2.45, 2.75) is 6.42 Å². The van der Waals surface area contributed by atoms with Gasteiger partial charge in [-0.2, -0.15) is 0 Å². The number of benzene rings is 3. The van der Waals surface area contributed by atoms with Crippen LogP contribution in [0.5, 0.6) is 11.5 Å². The van der Waals surface area contributed by atoms with Gasteiger partial charge in [-0.05, 0) is 42.0 Å². The quantitative estimate of drug-likeness (QED) is 0.426. The molecule has 0 saturated carbocycles. The number of rotatable bonds is 12. The van der Waals surface area contributed by atoms with Crippen molar-refractivity contribution in [2.75, 3.05) is 44.1 Å². The molecule has 31 heavy (non-hydrogen) atoms. The van der Waals surface area contributed by atoms with E-state index in [0.717, 1.165) is 17.9 Å². The zero-order valence-corrected chi connectivity index (χ0v) is 17.7. The van der Waals surface area contributed by atoms with Gasteiger partial charge < -0.3 is 24.8 Å². The van der Waals surface area contributed by atoms with E-state index >= 15 is 0 Å². The van der Waals surface area contributed by atoms with Crippen LogP contribution in [-0.2, 0) is 16.0 Å². The average Bonchev–Trinajstić information content (AvgIpc) is 2.80. The number of amides is 1. The Bertz CT molecular complexity index is 930. The lowest BCUT2D eigenvalue weighted by atomic mass is 10.2. The van der Waals surface area contributed by atoms with Crippen molar-refractivity contribution in [3.05, 3.63) is 84.4 Å². The van der Waals surface area contributed by atoms with Crippen LogP contribution in [0.3, 0.4) is 0 Å². The maximum Gasteiger partial charge on any atom is 0.243 e. The van der Waals surface area contributed by atoms with Gasteiger partial charge >= 0.3 is 0 Å². The van der Waals surface area contributed by atoms with Crippen molar-refractivity contribution in [3.8, 4) is 11.5 Å². The van der Waals surface area contributed by atoms with Crippen LogP contribution in [0.1, 0.15) is 5.56 Å². The highest BCUT2D eigenvalue weighted by atomic mass is 16.5. The number of nitrogens with one attached hydrogen (secondary N) is 2. The molecule has 3 aromatic carbocycles. The van der Waals surface area contributed by atoms with Crippen LogP contribution in [0.15, 0.2) is 78.9 Å². The molecule has 3 rings (SSSR count). The van der Waals surface area contributed by atoms with E-state index in [1.54, 1.807) is 13.2 Å². The van der Waals surface area contributed by atoms with Crippen LogP contribution in [0.4, 0.5) is 11.4 Å². The molecule has 0 fully saturated rings. The summed E-state index contributed by atoms with van der Waals surface area (Å²) in [5, 5.41) is 5.98. The van der Waals surface area contributed by atoms with E-state index in [2.05, 4.69) is 22.8 Å². The second kappa shape index (κ2) is 12.2. The highest BCUT2D eigenvalue weighted by molar-refractivity contribution is 5.93. The molecule has 3 aromatic rings. The predicted molar refractivity (Wildman–Crippen MR) is 123 cm³/mol. The first-order chi connectivity index (χ1) is 15.2. The minimum absolute atomic E-state index is 0.141. The molecule has 162 valence electrons. The second-order valence-electron chi connectivity index (χ2n) is 6.88. The number of methoxy groups -OCH3 is 1. The smallest absolute Gasteiger partial charge is 0.243 e. The zero-order chi connectivity index (χ0) is 21.7. The molecule has 0 bridgehead atoms. The summed E-state index contributed by atoms with van der Waals surface area (Å²) >= 11 is 0. The molecule has 0 aromatic heterocycles. The standard InChI is InChI=1S/C25H28N2O4/c1-29-16-17-31-24-9-5-8-22(18-24)27-25(28)19-26-21-10-12-23(13-11-21)30-15-14-20-6-3-2-4-7-20/h2-13,18,26H,14-17,19H2,1H3,(H,27,28). The van der Waals surface area contributed by atoms with Gasteiger partial charge in [0, 0.05) is 31.0 Å². The minimum atomic E-state index is -0.141. The van der Waals surface area contributed by atoms with Crippen molar-refractivity contribution < 1.29 is 19.0 Å². The first-order valence-corrected chi connectivity index (χ1v) is 10.3. The molecule has 1 amide bonds. The lowest BCUT2D eigenvalue weighted by Crippen LogP contribution is -2.21. The molecule has 0 heterocycles. The lowest BCUT2D eigenvalue weighted by Gasteiger charge is -2.11. The van der Waals surface area contributed by atoms with Crippen LogP contribution >= 0.6 is 0 Å². The van der Waals surface area contributed by atoms with E-state index < -0.39 is 0 Å². The first kappa shape index (κ1) is 22.2. The summed E-state index contributed by atoms with van der Waals surface area (Å²) in [6.45, 7) is 1.75. The Balaban J connectivity index is 1.39. The fourth-order valence-corrected chi connectivity index (χ4v) is 2.89. The molecule has 0 aliphatic rings. The molecule has 2 N–H and O–H groups in total. The van der Waals surface area contributed by atoms with E-state index in [-0.39, 0.29) is 12.5 Å². The highest BCUT2D eigenvalue weighted by Crippen LogP contribution is 2.18. The molecule has 0 aliphatic carbocycles. The van der Waals surface area contributed by atoms with Gasteiger partial charge in [0.15, 0.2) is 0 Å². The van der Waals surface area contributed by atoms with Crippen LogP contribution in [0.2, 0.25) is 0 Å². The number of anilines is 2. The molecule has 0 aliphatic heterocycles. The number of hydrogen-bond donors (Lipinski definition) is 2. The predicted octanol–water partition coefficient (Wildman–Crippen LogP) is 4.38. The third kappa shape index (κ3) is 8.03. The first-order valence-electron chi connectivity index (χ1n) is 10.3. The Hall–Kier alpha value is -3.51. The Morgan fingerprint density at radius 1 is 0.774 bits per heavy atom. The maximum absolute atomic E-state index is 12.2. The molecule has 0 atom stereocenters. The van der Waals surface area contributed by atoms with Crippen LogP contribution in [0.25, 0.3) is 0 Å². The fraction of sp³-hybridized carbons (Fsp3) is 0.240. The molecular formula is C25H28N2O4. The molecular weight excluding hydrogens is 392 g/mol. The molecule has 0 saturated heterocycles. The number of hydrogen-bond acceptors (Lipinski definition) is 5. The summed E-state index contributed by atoms with van der Waals surface area (Å²) in [6, 6.07) is 25.1. The van der Waals surface area contributed by atoms with Crippen LogP contribution in [-0.4, -0.2) is 39.4 Å². The van der Waals surface area contributed by atoms with Crippen LogP contribution in [0, 0.1) is 0 Å². The van der Waals surface area contributed by atoms with Gasteiger partial charge in [-0.3, -0.25) is 4.79 Å². The minimum Gasteiger partial charge on any atom is -0.493 e. The SMILES string of the molecule is COCCOc1cccc(NC(=O)CNc2ccc(OCCc3ccccc3)cc2)c1. The summed E-state index contributed by atoms with van der Waals surface area (Å²) in [5.74, 6) is 1.35. The van der Waals surface area contributed by atoms with E-state index in [0.29, 0.717) is 31.3 Å². The summed E-state index contributed by atoms with van der Waals surface area (Å²) in [7, 11) is 1.62. The van der Waals surface area contributed by atoms with E-state index in [1.165, 1.54) is 5.56 Å². The number of carbonyl (C=O) groups excluding carboxylic acids is 1. The van der Waals surface area contributed by atoms with E-state index in [4.69, 9.17) is 14.2 Å². The second-order valence-corrected chi connectivity index (χ2v) is 6.88. The van der Waals surface area contributed by atoms with E-state index in [1.807, 2.05) is 60.7 Å². The Labute approximate surface area is 183 Å². The van der Waals surface area contributed by atoms with Crippen LogP contribution < -0.4 is 20.1 Å². The third-order valence-electron chi connectivity index (χ3n) is 4.48.